The van der Waals surface area contributed by atoms with Gasteiger partial charge in [-0.2, -0.15) is 0 Å². The van der Waals surface area contributed by atoms with E-state index in [9.17, 15) is 4.79 Å². The van der Waals surface area contributed by atoms with Crippen LogP contribution in [0, 0.1) is 0 Å². The van der Waals surface area contributed by atoms with E-state index in [0.717, 1.165) is 10.0 Å². The van der Waals surface area contributed by atoms with E-state index >= 15 is 0 Å². The van der Waals surface area contributed by atoms with E-state index in [0.29, 0.717) is 12.4 Å². The summed E-state index contributed by atoms with van der Waals surface area (Å²) in [6.07, 6.45) is 0. The van der Waals surface area contributed by atoms with Crippen molar-refractivity contribution in [2.45, 2.75) is 6.54 Å². The van der Waals surface area contributed by atoms with Gasteiger partial charge in [-0.1, -0.05) is 34.1 Å². The number of aromatic nitrogens is 2. The molecule has 19 heavy (non-hydrogen) atoms. The molecule has 0 radical (unpaired) electrons. The van der Waals surface area contributed by atoms with Gasteiger partial charge in [0.2, 0.25) is 0 Å². The first-order chi connectivity index (χ1) is 9.20. The number of nitrogens with one attached hydrogen (secondary N) is 1. The Hall–Kier alpha value is -1.95. The van der Waals surface area contributed by atoms with Crippen molar-refractivity contribution < 1.29 is 9.53 Å². The molecule has 0 saturated carbocycles. The molecule has 0 saturated heterocycles. The first-order valence-electron chi connectivity index (χ1n) is 5.60. The first-order valence-corrected chi connectivity index (χ1v) is 6.39. The molecule has 0 amide bonds. The number of methoxy groups -OCH3 is 1. The third kappa shape index (κ3) is 3.51. The Labute approximate surface area is 119 Å². The monoisotopic (exact) mass is 321 g/mol. The third-order valence-electron chi connectivity index (χ3n) is 2.48. The highest BCUT2D eigenvalue weighted by Gasteiger charge is 2.07. The van der Waals surface area contributed by atoms with Crippen LogP contribution in [0.15, 0.2) is 40.9 Å². The summed E-state index contributed by atoms with van der Waals surface area (Å²) in [5, 5.41) is 10.8. The van der Waals surface area contributed by atoms with Crippen molar-refractivity contribution in [1.29, 1.82) is 0 Å². The van der Waals surface area contributed by atoms with Gasteiger partial charge in [0.1, 0.15) is 5.82 Å². The molecule has 1 N–H and O–H groups in total. The summed E-state index contributed by atoms with van der Waals surface area (Å²) in [7, 11) is 1.31. The SMILES string of the molecule is COC(=O)c1ccc(NCc2ccccc2Br)nn1. The number of esters is 1. The van der Waals surface area contributed by atoms with Crippen LogP contribution in [0.2, 0.25) is 0 Å². The topological polar surface area (TPSA) is 64.1 Å². The molecule has 0 fully saturated rings. The second-order valence-corrected chi connectivity index (χ2v) is 4.59. The van der Waals surface area contributed by atoms with Crippen LogP contribution >= 0.6 is 15.9 Å². The second kappa shape index (κ2) is 6.29. The summed E-state index contributed by atoms with van der Waals surface area (Å²) in [6, 6.07) is 11.2. The van der Waals surface area contributed by atoms with E-state index < -0.39 is 5.97 Å². The molecule has 1 heterocycles. The zero-order chi connectivity index (χ0) is 13.7. The molecule has 0 bridgehead atoms. The number of rotatable bonds is 4. The van der Waals surface area contributed by atoms with Crippen LogP contribution in [-0.2, 0) is 11.3 Å². The van der Waals surface area contributed by atoms with Crippen molar-refractivity contribution in [3.05, 3.63) is 52.1 Å². The van der Waals surface area contributed by atoms with Crippen LogP contribution in [0.4, 0.5) is 5.82 Å². The van der Waals surface area contributed by atoms with Crippen LogP contribution in [0.25, 0.3) is 0 Å². The van der Waals surface area contributed by atoms with E-state index in [1.807, 2.05) is 24.3 Å². The number of carbonyl (C=O) groups is 1. The lowest BCUT2D eigenvalue weighted by Gasteiger charge is -2.07. The Bertz CT molecular complexity index is 572. The zero-order valence-electron chi connectivity index (χ0n) is 10.3. The largest absolute Gasteiger partial charge is 0.464 e. The zero-order valence-corrected chi connectivity index (χ0v) is 11.8. The molecule has 1 aromatic heterocycles. The average molecular weight is 322 g/mol. The maximum atomic E-state index is 11.2. The lowest BCUT2D eigenvalue weighted by Crippen LogP contribution is -2.08. The molecule has 6 heteroatoms. The molecule has 1 aromatic carbocycles. The number of carbonyl (C=O) groups excluding carboxylic acids is 1. The van der Waals surface area contributed by atoms with Crippen LogP contribution < -0.4 is 5.32 Å². The second-order valence-electron chi connectivity index (χ2n) is 3.74. The smallest absolute Gasteiger partial charge is 0.358 e. The van der Waals surface area contributed by atoms with Crippen molar-refractivity contribution in [2.75, 3.05) is 12.4 Å². The molecule has 2 aromatic rings. The van der Waals surface area contributed by atoms with Gasteiger partial charge in [0.05, 0.1) is 7.11 Å². The third-order valence-corrected chi connectivity index (χ3v) is 3.25. The van der Waals surface area contributed by atoms with Crippen molar-refractivity contribution in [3.63, 3.8) is 0 Å². The summed E-state index contributed by atoms with van der Waals surface area (Å²) < 4.78 is 5.58. The van der Waals surface area contributed by atoms with E-state index in [1.54, 1.807) is 12.1 Å². The van der Waals surface area contributed by atoms with Crippen LogP contribution in [-0.4, -0.2) is 23.3 Å². The van der Waals surface area contributed by atoms with Gasteiger partial charge in [-0.3, -0.25) is 0 Å². The van der Waals surface area contributed by atoms with E-state index in [1.165, 1.54) is 7.11 Å². The van der Waals surface area contributed by atoms with E-state index in [-0.39, 0.29) is 5.69 Å². The Morgan fingerprint density at radius 3 is 2.68 bits per heavy atom. The Balaban J connectivity index is 2.01. The quantitative estimate of drug-likeness (QED) is 0.877. The van der Waals surface area contributed by atoms with Gasteiger partial charge in [-0.25, -0.2) is 4.79 Å². The number of hydrogen-bond acceptors (Lipinski definition) is 5. The van der Waals surface area contributed by atoms with Gasteiger partial charge < -0.3 is 10.1 Å². The molecule has 0 aliphatic heterocycles. The minimum Gasteiger partial charge on any atom is -0.464 e. The van der Waals surface area contributed by atoms with Crippen molar-refractivity contribution in [1.82, 2.24) is 10.2 Å². The summed E-state index contributed by atoms with van der Waals surface area (Å²) in [4.78, 5) is 11.2. The van der Waals surface area contributed by atoms with Crippen molar-refractivity contribution in [2.24, 2.45) is 0 Å². The maximum absolute atomic E-state index is 11.2. The molecule has 5 nitrogen and oxygen atoms in total. The minimum atomic E-state index is -0.496. The average Bonchev–Trinajstić information content (AvgIpc) is 2.46. The standard InChI is InChI=1S/C13H12BrN3O2/c1-19-13(18)11-6-7-12(17-16-11)15-8-9-4-2-3-5-10(9)14/h2-7H,8H2,1H3,(H,15,17). The first kappa shape index (κ1) is 13.5. The van der Waals surface area contributed by atoms with Gasteiger partial charge in [-0.15, -0.1) is 10.2 Å². The Morgan fingerprint density at radius 2 is 2.05 bits per heavy atom. The molecule has 98 valence electrons. The number of halogens is 1. The molecule has 0 aliphatic carbocycles. The molecular weight excluding hydrogens is 310 g/mol. The summed E-state index contributed by atoms with van der Waals surface area (Å²) in [5.41, 5.74) is 1.30. The van der Waals surface area contributed by atoms with E-state index in [4.69, 9.17) is 0 Å². The molecule has 0 aliphatic rings. The molecular formula is C13H12BrN3O2. The maximum Gasteiger partial charge on any atom is 0.358 e. The number of benzene rings is 1. The fourth-order valence-electron chi connectivity index (χ4n) is 1.47. The molecule has 2 rings (SSSR count). The lowest BCUT2D eigenvalue weighted by atomic mass is 10.2. The van der Waals surface area contributed by atoms with Crippen molar-refractivity contribution in [3.8, 4) is 0 Å². The van der Waals surface area contributed by atoms with Crippen LogP contribution in [0.5, 0.6) is 0 Å². The summed E-state index contributed by atoms with van der Waals surface area (Å²) in [5.74, 6) is 0.105. The fourth-order valence-corrected chi connectivity index (χ4v) is 1.89. The predicted molar refractivity (Wildman–Crippen MR) is 74.8 cm³/mol. The minimum absolute atomic E-state index is 0.189. The number of nitrogens with zero attached hydrogens (tertiary/aromatic N) is 2. The Morgan fingerprint density at radius 1 is 1.26 bits per heavy atom. The van der Waals surface area contributed by atoms with E-state index in [2.05, 4.69) is 36.2 Å². The van der Waals surface area contributed by atoms with Gasteiger partial charge >= 0.3 is 5.97 Å². The highest BCUT2D eigenvalue weighted by Crippen LogP contribution is 2.16. The summed E-state index contributed by atoms with van der Waals surface area (Å²) >= 11 is 3.47. The predicted octanol–water partition coefficient (Wildman–Crippen LogP) is 2.64. The van der Waals surface area contributed by atoms with Gasteiger partial charge in [-0.05, 0) is 23.8 Å². The van der Waals surface area contributed by atoms with Gasteiger partial charge in [0, 0.05) is 11.0 Å². The normalized spacial score (nSPS) is 10.0. The number of hydrogen-bond donors (Lipinski definition) is 1. The summed E-state index contributed by atoms with van der Waals surface area (Å²) in [6.45, 7) is 0.619. The highest BCUT2D eigenvalue weighted by molar-refractivity contribution is 9.10. The molecule has 0 unspecified atom stereocenters. The van der Waals surface area contributed by atoms with Gasteiger partial charge in [0.25, 0.3) is 0 Å². The number of anilines is 1. The fraction of sp³-hybridized carbons (Fsp3) is 0.154. The number of ether oxygens (including phenoxy) is 1. The molecule has 0 atom stereocenters. The van der Waals surface area contributed by atoms with Crippen LogP contribution in [0.1, 0.15) is 16.1 Å². The van der Waals surface area contributed by atoms with Gasteiger partial charge in [0.15, 0.2) is 5.69 Å². The molecule has 0 spiro atoms. The van der Waals surface area contributed by atoms with Crippen molar-refractivity contribution >= 4 is 27.7 Å². The lowest BCUT2D eigenvalue weighted by molar-refractivity contribution is 0.0593. The Kier molecular flexibility index (Phi) is 4.46. The highest BCUT2D eigenvalue weighted by atomic mass is 79.9. The van der Waals surface area contributed by atoms with Crippen LogP contribution in [0.3, 0.4) is 0 Å².